The zero-order valence-corrected chi connectivity index (χ0v) is 19.3. The number of amides is 1. The van der Waals surface area contributed by atoms with Crippen LogP contribution in [0.3, 0.4) is 0 Å². The van der Waals surface area contributed by atoms with Gasteiger partial charge in [-0.1, -0.05) is 31.5 Å². The number of quaternary nitrogens is 1. The number of unbranched alkanes of at least 4 members (excludes halogenated alkanes) is 2. The summed E-state index contributed by atoms with van der Waals surface area (Å²) in [5.74, 6) is 0.382. The van der Waals surface area contributed by atoms with Gasteiger partial charge in [0.05, 0.1) is 26.2 Å². The number of para-hydroxylation sites is 1. The van der Waals surface area contributed by atoms with Crippen molar-refractivity contribution in [3.8, 4) is 0 Å². The molecule has 0 saturated carbocycles. The van der Waals surface area contributed by atoms with Crippen molar-refractivity contribution in [3.63, 3.8) is 0 Å². The highest BCUT2D eigenvalue weighted by molar-refractivity contribution is 5.87. The molecule has 3 aliphatic heterocycles. The number of fused-ring (bicyclic) bond motifs is 3. The lowest BCUT2D eigenvalue weighted by molar-refractivity contribution is -0.946. The molecule has 1 amide bonds. The van der Waals surface area contributed by atoms with Crippen LogP contribution in [0.5, 0.6) is 0 Å². The quantitative estimate of drug-likeness (QED) is 0.288. The molecule has 3 saturated heterocycles. The highest BCUT2D eigenvalue weighted by Crippen LogP contribution is 2.36. The van der Waals surface area contributed by atoms with Crippen molar-refractivity contribution >= 4 is 17.7 Å². The lowest BCUT2D eigenvalue weighted by Gasteiger charge is -2.52. The van der Waals surface area contributed by atoms with Crippen molar-refractivity contribution in [2.24, 2.45) is 5.92 Å². The molecule has 1 aromatic carbocycles. The van der Waals surface area contributed by atoms with E-state index >= 15 is 0 Å². The third-order valence-corrected chi connectivity index (χ3v) is 6.89. The largest absolute Gasteiger partial charge is 0.466 e. The summed E-state index contributed by atoms with van der Waals surface area (Å²) in [5, 5.41) is 0. The van der Waals surface area contributed by atoms with Crippen LogP contribution in [0, 0.1) is 5.92 Å². The zero-order chi connectivity index (χ0) is 22.1. The Balaban J connectivity index is 1.56. The first-order valence-corrected chi connectivity index (χ1v) is 12.1. The maximum atomic E-state index is 13.1. The van der Waals surface area contributed by atoms with Crippen molar-refractivity contribution in [1.29, 1.82) is 0 Å². The summed E-state index contributed by atoms with van der Waals surface area (Å²) in [6, 6.07) is 9.85. The highest BCUT2D eigenvalue weighted by atomic mass is 16.6. The monoisotopic (exact) mass is 431 g/mol. The maximum Gasteiger partial charge on any atom is 0.414 e. The summed E-state index contributed by atoms with van der Waals surface area (Å²) in [6.07, 6.45) is 6.40. The Labute approximate surface area is 187 Å². The first kappa shape index (κ1) is 23.6. The standard InChI is InChI=1S/C25H39N2O4/c1-3-5-16-26(22-11-7-6-8-12-22)25(29)31-23-20-27(18-14-21(23)15-19-27)17-10-9-13-24(28)30-4-2/h6-8,11-12,21,23H,3-5,9-10,13-20H2,1-2H3/q+1/t21?,23-,27?/m0/s1. The van der Waals surface area contributed by atoms with E-state index in [1.165, 1.54) is 0 Å². The number of piperidine rings is 3. The molecule has 0 radical (unpaired) electrons. The molecule has 6 nitrogen and oxygen atoms in total. The van der Waals surface area contributed by atoms with Gasteiger partial charge in [-0.05, 0) is 38.3 Å². The van der Waals surface area contributed by atoms with E-state index in [1.54, 1.807) is 4.90 Å². The molecule has 6 heteroatoms. The third kappa shape index (κ3) is 6.45. The fourth-order valence-electron chi connectivity index (χ4n) is 5.06. The number of hydrogen-bond donors (Lipinski definition) is 0. The second-order valence-electron chi connectivity index (χ2n) is 9.06. The molecule has 3 heterocycles. The van der Waals surface area contributed by atoms with E-state index < -0.39 is 0 Å². The van der Waals surface area contributed by atoms with Crippen LogP contribution < -0.4 is 4.90 Å². The molecular formula is C25H39N2O4+. The maximum absolute atomic E-state index is 13.1. The van der Waals surface area contributed by atoms with Gasteiger partial charge in [0.15, 0.2) is 6.10 Å². The Morgan fingerprint density at radius 2 is 1.81 bits per heavy atom. The summed E-state index contributed by atoms with van der Waals surface area (Å²) in [4.78, 5) is 26.5. The third-order valence-electron chi connectivity index (χ3n) is 6.89. The SMILES string of the molecule is CCCCN(C(=O)O[C@H]1C[N+]2(CCCCC(=O)OCC)CCC1CC2)c1ccccc1. The first-order valence-electron chi connectivity index (χ1n) is 12.1. The van der Waals surface area contributed by atoms with Gasteiger partial charge in [-0.15, -0.1) is 0 Å². The number of carbonyl (C=O) groups is 2. The van der Waals surface area contributed by atoms with E-state index in [0.29, 0.717) is 25.5 Å². The van der Waals surface area contributed by atoms with Gasteiger partial charge in [0, 0.05) is 37.4 Å². The van der Waals surface area contributed by atoms with Crippen molar-refractivity contribution in [2.75, 3.05) is 44.2 Å². The van der Waals surface area contributed by atoms with Gasteiger partial charge in [-0.25, -0.2) is 4.79 Å². The molecule has 0 N–H and O–H groups in total. The average Bonchev–Trinajstić information content (AvgIpc) is 2.79. The van der Waals surface area contributed by atoms with Gasteiger partial charge in [0.1, 0.15) is 6.54 Å². The van der Waals surface area contributed by atoms with Gasteiger partial charge in [0.2, 0.25) is 0 Å². The van der Waals surface area contributed by atoms with Crippen molar-refractivity contribution in [3.05, 3.63) is 30.3 Å². The Kier molecular flexibility index (Phi) is 8.76. The van der Waals surface area contributed by atoms with Crippen molar-refractivity contribution in [1.82, 2.24) is 0 Å². The Bertz CT molecular complexity index is 701. The van der Waals surface area contributed by atoms with Crippen molar-refractivity contribution in [2.45, 2.75) is 64.9 Å². The molecule has 172 valence electrons. The molecule has 3 fully saturated rings. The number of ether oxygens (including phenoxy) is 2. The van der Waals surface area contributed by atoms with Crippen LogP contribution in [0.4, 0.5) is 10.5 Å². The molecule has 0 aliphatic carbocycles. The number of hydrogen-bond acceptors (Lipinski definition) is 4. The minimum Gasteiger partial charge on any atom is -0.466 e. The molecule has 4 rings (SSSR count). The van der Waals surface area contributed by atoms with Gasteiger partial charge >= 0.3 is 12.1 Å². The number of carbonyl (C=O) groups excluding carboxylic acids is 2. The van der Waals surface area contributed by atoms with E-state index in [-0.39, 0.29) is 18.2 Å². The normalized spacial score (nSPS) is 24.6. The lowest BCUT2D eigenvalue weighted by Crippen LogP contribution is -2.65. The lowest BCUT2D eigenvalue weighted by atomic mass is 9.83. The van der Waals surface area contributed by atoms with Gasteiger partial charge in [-0.2, -0.15) is 0 Å². The summed E-state index contributed by atoms with van der Waals surface area (Å²) >= 11 is 0. The highest BCUT2D eigenvalue weighted by Gasteiger charge is 2.47. The molecule has 0 spiro atoms. The molecule has 0 aromatic heterocycles. The summed E-state index contributed by atoms with van der Waals surface area (Å²) < 4.78 is 12.2. The Morgan fingerprint density at radius 3 is 2.48 bits per heavy atom. The van der Waals surface area contributed by atoms with E-state index in [4.69, 9.17) is 9.47 Å². The second kappa shape index (κ2) is 11.5. The number of anilines is 1. The molecular weight excluding hydrogens is 392 g/mol. The van der Waals surface area contributed by atoms with Crippen LogP contribution in [0.1, 0.15) is 58.8 Å². The molecule has 1 aromatic rings. The number of rotatable bonds is 11. The molecule has 31 heavy (non-hydrogen) atoms. The molecule has 0 unspecified atom stereocenters. The Morgan fingerprint density at radius 1 is 1.06 bits per heavy atom. The molecule has 2 bridgehead atoms. The average molecular weight is 432 g/mol. The van der Waals surface area contributed by atoms with E-state index in [9.17, 15) is 9.59 Å². The minimum absolute atomic E-state index is 0.00658. The van der Waals surface area contributed by atoms with Crippen LogP contribution in [-0.4, -0.2) is 62.0 Å². The number of nitrogens with zero attached hydrogens (tertiary/aromatic N) is 2. The van der Waals surface area contributed by atoms with Crippen LogP contribution in [0.2, 0.25) is 0 Å². The number of esters is 1. The summed E-state index contributed by atoms with van der Waals surface area (Å²) in [5.41, 5.74) is 0.907. The molecule has 3 aliphatic rings. The smallest absolute Gasteiger partial charge is 0.414 e. The van der Waals surface area contributed by atoms with E-state index in [0.717, 1.165) is 74.9 Å². The fraction of sp³-hybridized carbons (Fsp3) is 0.680. The molecule has 1 atom stereocenters. The summed E-state index contributed by atoms with van der Waals surface area (Å²) in [7, 11) is 0. The van der Waals surface area contributed by atoms with Gasteiger partial charge in [-0.3, -0.25) is 9.69 Å². The van der Waals surface area contributed by atoms with E-state index in [2.05, 4.69) is 6.92 Å². The van der Waals surface area contributed by atoms with Gasteiger partial charge in [0.25, 0.3) is 0 Å². The summed E-state index contributed by atoms with van der Waals surface area (Å²) in [6.45, 7) is 9.40. The predicted octanol–water partition coefficient (Wildman–Crippen LogP) is 4.77. The fourth-order valence-corrected chi connectivity index (χ4v) is 5.06. The first-order chi connectivity index (χ1) is 15.1. The van der Waals surface area contributed by atoms with Crippen LogP contribution in [-0.2, 0) is 14.3 Å². The van der Waals surface area contributed by atoms with Crippen LogP contribution in [0.25, 0.3) is 0 Å². The second-order valence-corrected chi connectivity index (χ2v) is 9.06. The van der Waals surface area contributed by atoms with Crippen molar-refractivity contribution < 1.29 is 23.5 Å². The Hall–Kier alpha value is -2.08. The minimum atomic E-state index is -0.209. The van der Waals surface area contributed by atoms with Crippen LogP contribution in [0.15, 0.2) is 30.3 Å². The predicted molar refractivity (Wildman–Crippen MR) is 122 cm³/mol. The number of benzene rings is 1. The van der Waals surface area contributed by atoms with E-state index in [1.807, 2.05) is 37.3 Å². The van der Waals surface area contributed by atoms with Crippen LogP contribution >= 0.6 is 0 Å². The zero-order valence-electron chi connectivity index (χ0n) is 19.3. The van der Waals surface area contributed by atoms with Gasteiger partial charge < -0.3 is 14.0 Å². The topological polar surface area (TPSA) is 55.8 Å².